The SMILES string of the molecule is CC(=O)N1CCN(C)CC1.COc1cc(C)c(Sc2cnc(Nc3cc(Cl)nc(C)n3)s2)cc1C=O. The molecule has 4 rings (SSSR count). The summed E-state index contributed by atoms with van der Waals surface area (Å²) in [4.78, 5) is 39.8. The molecule has 1 aliphatic rings. The fraction of sp³-hybridized carbons (Fsp3) is 0.375. The summed E-state index contributed by atoms with van der Waals surface area (Å²) in [6, 6.07) is 5.33. The Balaban J connectivity index is 0.000000303. The number of thiazole rings is 1. The van der Waals surface area contributed by atoms with Crippen molar-refractivity contribution in [3.05, 3.63) is 46.5 Å². The summed E-state index contributed by atoms with van der Waals surface area (Å²) in [6.45, 7) is 9.20. The first-order chi connectivity index (χ1) is 17.2. The molecule has 1 saturated heterocycles. The lowest BCUT2D eigenvalue weighted by Gasteiger charge is -2.31. The average Bonchev–Trinajstić information content (AvgIpc) is 3.26. The number of rotatable bonds is 6. The summed E-state index contributed by atoms with van der Waals surface area (Å²) in [5, 5.41) is 4.20. The number of likely N-dealkylation sites (N-methyl/N-ethyl adjacent to an activating group) is 1. The predicted molar refractivity (Wildman–Crippen MR) is 144 cm³/mol. The van der Waals surface area contributed by atoms with Crippen molar-refractivity contribution in [1.82, 2.24) is 24.8 Å². The largest absolute Gasteiger partial charge is 0.496 e. The number of aromatic nitrogens is 3. The number of aldehydes is 1. The summed E-state index contributed by atoms with van der Waals surface area (Å²) < 4.78 is 6.21. The van der Waals surface area contributed by atoms with Gasteiger partial charge in [-0.25, -0.2) is 15.0 Å². The number of ether oxygens (including phenoxy) is 1. The Morgan fingerprint density at radius 1 is 1.19 bits per heavy atom. The first-order valence-electron chi connectivity index (χ1n) is 11.2. The van der Waals surface area contributed by atoms with Crippen LogP contribution < -0.4 is 10.1 Å². The van der Waals surface area contributed by atoms with Crippen molar-refractivity contribution in [2.75, 3.05) is 45.7 Å². The molecule has 192 valence electrons. The molecule has 0 atom stereocenters. The van der Waals surface area contributed by atoms with Gasteiger partial charge in [-0.15, -0.1) is 0 Å². The molecule has 36 heavy (non-hydrogen) atoms. The van der Waals surface area contributed by atoms with E-state index in [1.165, 1.54) is 11.3 Å². The third kappa shape index (κ3) is 7.89. The monoisotopic (exact) mass is 548 g/mol. The molecule has 0 unspecified atom stereocenters. The maximum atomic E-state index is 11.2. The second-order valence-corrected chi connectivity index (χ2v) is 10.9. The number of hydrogen-bond donors (Lipinski definition) is 1. The molecule has 1 amide bonds. The number of nitrogens with zero attached hydrogens (tertiary/aromatic N) is 5. The molecule has 1 aliphatic heterocycles. The number of methoxy groups -OCH3 is 1. The van der Waals surface area contributed by atoms with Gasteiger partial charge in [-0.05, 0) is 38.6 Å². The van der Waals surface area contributed by atoms with Gasteiger partial charge in [-0.2, -0.15) is 0 Å². The smallest absolute Gasteiger partial charge is 0.219 e. The molecule has 0 bridgehead atoms. The summed E-state index contributed by atoms with van der Waals surface area (Å²) >= 11 is 8.98. The number of benzene rings is 1. The zero-order valence-electron chi connectivity index (χ0n) is 20.9. The van der Waals surface area contributed by atoms with Crippen LogP contribution in [0, 0.1) is 13.8 Å². The highest BCUT2D eigenvalue weighted by molar-refractivity contribution is 8.01. The van der Waals surface area contributed by atoms with E-state index in [0.717, 1.165) is 47.1 Å². The molecule has 3 heterocycles. The van der Waals surface area contributed by atoms with E-state index in [1.54, 1.807) is 45.0 Å². The molecule has 2 aromatic heterocycles. The number of halogens is 1. The second-order valence-electron chi connectivity index (χ2n) is 8.12. The number of anilines is 2. The molecule has 0 radical (unpaired) electrons. The van der Waals surface area contributed by atoms with Crippen LogP contribution in [0.3, 0.4) is 0 Å². The lowest BCUT2D eigenvalue weighted by Crippen LogP contribution is -2.46. The molecule has 1 aromatic carbocycles. The Labute approximate surface area is 224 Å². The van der Waals surface area contributed by atoms with E-state index < -0.39 is 0 Å². The number of piperazine rings is 1. The topological polar surface area (TPSA) is 101 Å². The fourth-order valence-electron chi connectivity index (χ4n) is 3.35. The molecular weight excluding hydrogens is 520 g/mol. The maximum absolute atomic E-state index is 11.2. The normalized spacial score (nSPS) is 13.6. The van der Waals surface area contributed by atoms with Crippen LogP contribution in [0.4, 0.5) is 10.9 Å². The third-order valence-corrected chi connectivity index (χ3v) is 7.71. The first-order valence-corrected chi connectivity index (χ1v) is 13.2. The van der Waals surface area contributed by atoms with Crippen molar-refractivity contribution in [1.29, 1.82) is 0 Å². The van der Waals surface area contributed by atoms with Gasteiger partial charge < -0.3 is 19.9 Å². The van der Waals surface area contributed by atoms with Gasteiger partial charge in [0.1, 0.15) is 22.5 Å². The molecule has 0 spiro atoms. The van der Waals surface area contributed by atoms with E-state index >= 15 is 0 Å². The van der Waals surface area contributed by atoms with Crippen LogP contribution in [-0.2, 0) is 4.79 Å². The maximum Gasteiger partial charge on any atom is 0.219 e. The average molecular weight is 549 g/mol. The Morgan fingerprint density at radius 3 is 2.53 bits per heavy atom. The zero-order valence-corrected chi connectivity index (χ0v) is 23.3. The van der Waals surface area contributed by atoms with Gasteiger partial charge in [0.25, 0.3) is 0 Å². The molecular formula is C24H29ClN6O3S2. The van der Waals surface area contributed by atoms with Gasteiger partial charge in [0.2, 0.25) is 5.91 Å². The van der Waals surface area contributed by atoms with Crippen LogP contribution in [0.2, 0.25) is 5.15 Å². The lowest BCUT2D eigenvalue weighted by molar-refractivity contribution is -0.130. The minimum absolute atomic E-state index is 0.202. The molecule has 3 aromatic rings. The van der Waals surface area contributed by atoms with Crippen LogP contribution >= 0.6 is 34.7 Å². The number of amides is 1. The quantitative estimate of drug-likeness (QED) is 0.347. The van der Waals surface area contributed by atoms with Crippen LogP contribution in [0.5, 0.6) is 5.75 Å². The molecule has 0 saturated carbocycles. The Morgan fingerprint density at radius 2 is 1.92 bits per heavy atom. The van der Waals surface area contributed by atoms with Gasteiger partial charge >= 0.3 is 0 Å². The number of carbonyl (C=O) groups excluding carboxylic acids is 2. The summed E-state index contributed by atoms with van der Waals surface area (Å²) in [5.41, 5.74) is 1.55. The Hall–Kier alpha value is -2.73. The highest BCUT2D eigenvalue weighted by Gasteiger charge is 2.15. The van der Waals surface area contributed by atoms with Crippen molar-refractivity contribution in [3.63, 3.8) is 0 Å². The number of hydrogen-bond acceptors (Lipinski definition) is 10. The van der Waals surface area contributed by atoms with Crippen molar-refractivity contribution >= 4 is 57.8 Å². The summed E-state index contributed by atoms with van der Waals surface area (Å²) in [5.74, 6) is 1.95. The van der Waals surface area contributed by atoms with Crippen LogP contribution in [0.25, 0.3) is 0 Å². The van der Waals surface area contributed by atoms with Gasteiger partial charge in [0.05, 0.1) is 23.1 Å². The van der Waals surface area contributed by atoms with Crippen LogP contribution in [0.1, 0.15) is 28.7 Å². The molecule has 0 aliphatic carbocycles. The number of carbonyl (C=O) groups is 2. The third-order valence-electron chi connectivity index (χ3n) is 5.34. The van der Waals surface area contributed by atoms with Crippen LogP contribution in [-0.4, -0.2) is 77.3 Å². The molecule has 12 heteroatoms. The minimum atomic E-state index is 0.202. The van der Waals surface area contributed by atoms with Crippen molar-refractivity contribution in [3.8, 4) is 5.75 Å². The summed E-state index contributed by atoms with van der Waals surface area (Å²) in [6.07, 6.45) is 2.57. The van der Waals surface area contributed by atoms with E-state index in [9.17, 15) is 9.59 Å². The van der Waals surface area contributed by atoms with Crippen molar-refractivity contribution in [2.24, 2.45) is 0 Å². The summed E-state index contributed by atoms with van der Waals surface area (Å²) in [7, 11) is 3.63. The predicted octanol–water partition coefficient (Wildman–Crippen LogP) is 4.70. The van der Waals surface area contributed by atoms with E-state index in [1.807, 2.05) is 24.0 Å². The van der Waals surface area contributed by atoms with Crippen molar-refractivity contribution < 1.29 is 14.3 Å². The lowest BCUT2D eigenvalue weighted by atomic mass is 10.1. The molecule has 9 nitrogen and oxygen atoms in total. The Kier molecular flexibility index (Phi) is 10.1. The van der Waals surface area contributed by atoms with E-state index in [2.05, 4.69) is 32.2 Å². The van der Waals surface area contributed by atoms with E-state index in [4.69, 9.17) is 16.3 Å². The van der Waals surface area contributed by atoms with E-state index in [0.29, 0.717) is 33.2 Å². The molecule has 1 N–H and O–H groups in total. The van der Waals surface area contributed by atoms with Crippen molar-refractivity contribution in [2.45, 2.75) is 29.9 Å². The van der Waals surface area contributed by atoms with Gasteiger partial charge in [-0.3, -0.25) is 9.59 Å². The Bertz CT molecular complexity index is 1190. The van der Waals surface area contributed by atoms with Gasteiger partial charge in [-0.1, -0.05) is 34.7 Å². The second kappa shape index (κ2) is 13.0. The first kappa shape index (κ1) is 27.9. The number of aryl methyl sites for hydroxylation is 2. The highest BCUT2D eigenvalue weighted by Crippen LogP contribution is 2.38. The van der Waals surface area contributed by atoms with Gasteiger partial charge in [0, 0.05) is 44.1 Å². The minimum Gasteiger partial charge on any atom is -0.496 e. The fourth-order valence-corrected chi connectivity index (χ4v) is 5.54. The standard InChI is InChI=1S/C17H15ClN4O2S2.C7H14N2O/c1-9-4-12(24-3)11(8-23)5-13(9)25-16-7-19-17(26-16)22-15-6-14(18)20-10(2)21-15;1-7(10)9-5-3-8(2)4-6-9/h4-8H,1-3H3,(H,19,20,21,22);3-6H2,1-2H3. The van der Waals surface area contributed by atoms with E-state index in [-0.39, 0.29) is 5.91 Å². The van der Waals surface area contributed by atoms with Gasteiger partial charge in [0.15, 0.2) is 11.4 Å². The number of nitrogens with one attached hydrogen (secondary N) is 1. The molecule has 1 fully saturated rings. The van der Waals surface area contributed by atoms with Crippen LogP contribution in [0.15, 0.2) is 33.5 Å². The highest BCUT2D eigenvalue weighted by atomic mass is 35.5. The zero-order chi connectivity index (χ0) is 26.2.